The van der Waals surface area contributed by atoms with Gasteiger partial charge in [0.2, 0.25) is 11.8 Å². The molecule has 5 nitrogen and oxygen atoms in total. The lowest BCUT2D eigenvalue weighted by Crippen LogP contribution is -2.38. The number of hydrogen-bond acceptors (Lipinski definition) is 3. The number of hydrogen-bond donors (Lipinski definition) is 1. The summed E-state index contributed by atoms with van der Waals surface area (Å²) in [4.78, 5) is 25.5. The molecule has 0 radical (unpaired) electrons. The lowest BCUT2D eigenvalue weighted by atomic mass is 10.0. The molecule has 1 fully saturated rings. The Balaban J connectivity index is 1.77. The van der Waals surface area contributed by atoms with Crippen LogP contribution in [0.4, 0.5) is 18.9 Å². The Bertz CT molecular complexity index is 910. The molecule has 1 N–H and O–H groups in total. The second kappa shape index (κ2) is 8.14. The predicted octanol–water partition coefficient (Wildman–Crippen LogP) is 3.86. The van der Waals surface area contributed by atoms with Crippen LogP contribution in [-0.2, 0) is 22.2 Å². The minimum absolute atomic E-state index is 0.0668. The zero-order valence-electron chi connectivity index (χ0n) is 16.0. The molecule has 8 heteroatoms. The van der Waals surface area contributed by atoms with E-state index in [0.717, 1.165) is 17.7 Å². The number of likely N-dealkylation sites (N-methyl/N-ethyl adjacent to an activating group) is 1. The molecule has 2 aromatic rings. The molecule has 0 aliphatic carbocycles. The maximum absolute atomic E-state index is 12.7. The van der Waals surface area contributed by atoms with Crippen molar-refractivity contribution in [3.05, 3.63) is 59.2 Å². The summed E-state index contributed by atoms with van der Waals surface area (Å²) in [5, 5.41) is 2.80. The van der Waals surface area contributed by atoms with Crippen LogP contribution in [0.3, 0.4) is 0 Å². The van der Waals surface area contributed by atoms with Crippen molar-refractivity contribution in [2.75, 3.05) is 19.5 Å². The summed E-state index contributed by atoms with van der Waals surface area (Å²) in [7, 11) is 3.10. The normalized spacial score (nSPS) is 16.8. The second-order valence-corrected chi connectivity index (χ2v) is 6.95. The summed E-state index contributed by atoms with van der Waals surface area (Å²) in [5.41, 5.74) is 1.23. The number of nitrogens with one attached hydrogen (secondary N) is 1. The van der Waals surface area contributed by atoms with Crippen LogP contribution in [0.2, 0.25) is 0 Å². The van der Waals surface area contributed by atoms with E-state index in [1.165, 1.54) is 24.1 Å². The van der Waals surface area contributed by atoms with Gasteiger partial charge in [0, 0.05) is 31.1 Å². The van der Waals surface area contributed by atoms with E-state index in [1.807, 2.05) is 0 Å². The molecular formula is C21H21F3N2O3. The van der Waals surface area contributed by atoms with Gasteiger partial charge in [0.1, 0.15) is 11.8 Å². The van der Waals surface area contributed by atoms with Gasteiger partial charge in [-0.1, -0.05) is 12.1 Å². The number of rotatable bonds is 5. The average molecular weight is 406 g/mol. The fourth-order valence-electron chi connectivity index (χ4n) is 3.36. The standard InChI is InChI=1S/C21H21F3N2O3/c1-26-17(8-10-19(26)27)20(28)25-16-7-9-18(29-2)14(12-16)11-13-3-5-15(6-4-13)21(22,23)24/h3-7,9,12,17H,8,10-11H2,1-2H3,(H,25,28). The van der Waals surface area contributed by atoms with Crippen LogP contribution in [0, 0.1) is 0 Å². The van der Waals surface area contributed by atoms with Gasteiger partial charge in [-0.25, -0.2) is 0 Å². The average Bonchev–Trinajstić information content (AvgIpc) is 3.01. The first-order valence-corrected chi connectivity index (χ1v) is 9.08. The first kappa shape index (κ1) is 20.7. The number of carbonyl (C=O) groups excluding carboxylic acids is 2. The summed E-state index contributed by atoms with van der Waals surface area (Å²) in [6.07, 6.45) is -3.23. The van der Waals surface area contributed by atoms with Gasteiger partial charge in [-0.05, 0) is 42.3 Å². The Morgan fingerprint density at radius 2 is 1.90 bits per heavy atom. The zero-order valence-corrected chi connectivity index (χ0v) is 16.0. The van der Waals surface area contributed by atoms with Crippen LogP contribution in [-0.4, -0.2) is 36.9 Å². The molecule has 29 heavy (non-hydrogen) atoms. The first-order chi connectivity index (χ1) is 13.7. The lowest BCUT2D eigenvalue weighted by molar-refractivity contribution is -0.137. The Kier molecular flexibility index (Phi) is 5.81. The minimum Gasteiger partial charge on any atom is -0.496 e. The molecule has 1 saturated heterocycles. The zero-order chi connectivity index (χ0) is 21.2. The van der Waals surface area contributed by atoms with Gasteiger partial charge in [-0.15, -0.1) is 0 Å². The van der Waals surface area contributed by atoms with Crippen molar-refractivity contribution in [3.63, 3.8) is 0 Å². The van der Waals surface area contributed by atoms with Crippen LogP contribution in [0.5, 0.6) is 5.75 Å². The van der Waals surface area contributed by atoms with Crippen LogP contribution < -0.4 is 10.1 Å². The molecule has 154 valence electrons. The molecule has 3 rings (SSSR count). The fraction of sp³-hybridized carbons (Fsp3) is 0.333. The van der Waals surface area contributed by atoms with Gasteiger partial charge in [0.05, 0.1) is 12.7 Å². The van der Waals surface area contributed by atoms with Crippen molar-refractivity contribution in [3.8, 4) is 5.75 Å². The molecule has 0 bridgehead atoms. The van der Waals surface area contributed by atoms with Crippen molar-refractivity contribution in [1.29, 1.82) is 0 Å². The van der Waals surface area contributed by atoms with E-state index < -0.39 is 17.8 Å². The largest absolute Gasteiger partial charge is 0.496 e. The van der Waals surface area contributed by atoms with Crippen LogP contribution >= 0.6 is 0 Å². The number of amides is 2. The molecule has 1 atom stereocenters. The summed E-state index contributed by atoms with van der Waals surface area (Å²) < 4.78 is 43.5. The highest BCUT2D eigenvalue weighted by Crippen LogP contribution is 2.31. The Morgan fingerprint density at radius 1 is 1.21 bits per heavy atom. The van der Waals surface area contributed by atoms with Gasteiger partial charge in [0.25, 0.3) is 0 Å². The summed E-state index contributed by atoms with van der Waals surface area (Å²) >= 11 is 0. The SMILES string of the molecule is COc1ccc(NC(=O)C2CCC(=O)N2C)cc1Cc1ccc(C(F)(F)F)cc1. The van der Waals surface area contributed by atoms with E-state index >= 15 is 0 Å². The summed E-state index contributed by atoms with van der Waals surface area (Å²) in [6.45, 7) is 0. The number of methoxy groups -OCH3 is 1. The summed E-state index contributed by atoms with van der Waals surface area (Å²) in [5.74, 6) is 0.225. The Labute approximate surface area is 166 Å². The molecule has 1 heterocycles. The van der Waals surface area contributed by atoms with Crippen molar-refractivity contribution in [2.45, 2.75) is 31.5 Å². The number of alkyl halides is 3. The van der Waals surface area contributed by atoms with Gasteiger partial charge in [0.15, 0.2) is 0 Å². The van der Waals surface area contributed by atoms with Crippen molar-refractivity contribution >= 4 is 17.5 Å². The molecule has 1 unspecified atom stereocenters. The minimum atomic E-state index is -4.38. The maximum atomic E-state index is 12.7. The highest BCUT2D eigenvalue weighted by molar-refractivity contribution is 5.99. The van der Waals surface area contributed by atoms with E-state index in [2.05, 4.69) is 5.32 Å². The number of anilines is 1. The van der Waals surface area contributed by atoms with Crippen LogP contribution in [0.25, 0.3) is 0 Å². The monoisotopic (exact) mass is 406 g/mol. The lowest BCUT2D eigenvalue weighted by Gasteiger charge is -2.19. The molecule has 2 amide bonds. The topological polar surface area (TPSA) is 58.6 Å². The van der Waals surface area contributed by atoms with E-state index in [-0.39, 0.29) is 11.8 Å². The van der Waals surface area contributed by atoms with E-state index in [9.17, 15) is 22.8 Å². The number of likely N-dealkylation sites (tertiary alicyclic amines) is 1. The van der Waals surface area contributed by atoms with Gasteiger partial charge in [-0.2, -0.15) is 13.2 Å². The molecule has 0 spiro atoms. The third kappa shape index (κ3) is 4.70. The van der Waals surface area contributed by atoms with Crippen LogP contribution in [0.15, 0.2) is 42.5 Å². The molecular weight excluding hydrogens is 385 g/mol. The third-order valence-electron chi connectivity index (χ3n) is 5.02. The highest BCUT2D eigenvalue weighted by atomic mass is 19.4. The third-order valence-corrected chi connectivity index (χ3v) is 5.02. The quantitative estimate of drug-likeness (QED) is 0.820. The number of halogens is 3. The van der Waals surface area contributed by atoms with Gasteiger partial charge in [-0.3, -0.25) is 9.59 Å². The predicted molar refractivity (Wildman–Crippen MR) is 102 cm³/mol. The Hall–Kier alpha value is -3.03. The molecule has 0 saturated carbocycles. The second-order valence-electron chi connectivity index (χ2n) is 6.95. The number of nitrogens with zero attached hydrogens (tertiary/aromatic N) is 1. The smallest absolute Gasteiger partial charge is 0.416 e. The fourth-order valence-corrected chi connectivity index (χ4v) is 3.36. The molecule has 2 aromatic carbocycles. The van der Waals surface area contributed by atoms with E-state index in [1.54, 1.807) is 25.2 Å². The molecule has 0 aromatic heterocycles. The van der Waals surface area contributed by atoms with Crippen LogP contribution in [0.1, 0.15) is 29.5 Å². The maximum Gasteiger partial charge on any atom is 0.416 e. The number of benzene rings is 2. The number of ether oxygens (including phenoxy) is 1. The molecule has 1 aliphatic heterocycles. The van der Waals surface area contributed by atoms with Gasteiger partial charge < -0.3 is 15.0 Å². The van der Waals surface area contributed by atoms with Crippen molar-refractivity contribution in [1.82, 2.24) is 4.90 Å². The van der Waals surface area contributed by atoms with E-state index in [0.29, 0.717) is 36.3 Å². The highest BCUT2D eigenvalue weighted by Gasteiger charge is 2.33. The van der Waals surface area contributed by atoms with E-state index in [4.69, 9.17) is 4.74 Å². The van der Waals surface area contributed by atoms with Crippen molar-refractivity contribution < 1.29 is 27.5 Å². The number of carbonyl (C=O) groups is 2. The summed E-state index contributed by atoms with van der Waals surface area (Å²) in [6, 6.07) is 9.52. The Morgan fingerprint density at radius 3 is 2.45 bits per heavy atom. The molecule has 1 aliphatic rings. The first-order valence-electron chi connectivity index (χ1n) is 9.08. The van der Waals surface area contributed by atoms with Crippen molar-refractivity contribution in [2.24, 2.45) is 0 Å². The van der Waals surface area contributed by atoms with Gasteiger partial charge >= 0.3 is 6.18 Å².